The first-order valence-corrected chi connectivity index (χ1v) is 9.79. The summed E-state index contributed by atoms with van der Waals surface area (Å²) in [5.41, 5.74) is 0.454. The second-order valence-corrected chi connectivity index (χ2v) is 6.61. The van der Waals surface area contributed by atoms with Crippen LogP contribution < -0.4 is 14.4 Å². The minimum Gasteiger partial charge on any atom is -0.490 e. The number of carbonyl (C=O) groups excluding carboxylic acids is 2. The van der Waals surface area contributed by atoms with Gasteiger partial charge in [0.1, 0.15) is 12.5 Å². The molecule has 6 nitrogen and oxygen atoms in total. The van der Waals surface area contributed by atoms with Gasteiger partial charge in [-0.3, -0.25) is 14.5 Å². The van der Waals surface area contributed by atoms with Gasteiger partial charge in [0.2, 0.25) is 5.91 Å². The van der Waals surface area contributed by atoms with E-state index in [2.05, 4.69) is 0 Å². The van der Waals surface area contributed by atoms with E-state index in [4.69, 9.17) is 9.47 Å². The molecule has 1 aliphatic heterocycles. The zero-order valence-corrected chi connectivity index (χ0v) is 16.7. The fraction of sp³-hybridized carbons (Fsp3) is 0.364. The highest BCUT2D eigenvalue weighted by molar-refractivity contribution is 6.06. The van der Waals surface area contributed by atoms with E-state index in [1.807, 2.05) is 13.8 Å². The molecule has 1 heterocycles. The third-order valence-electron chi connectivity index (χ3n) is 4.66. The number of nitrogens with zero attached hydrogens (tertiary/aromatic N) is 2. The van der Waals surface area contributed by atoms with Gasteiger partial charge in [0.05, 0.1) is 18.9 Å². The Morgan fingerprint density at radius 3 is 2.48 bits per heavy atom. The summed E-state index contributed by atoms with van der Waals surface area (Å²) in [5, 5.41) is 0. The Bertz CT molecular complexity index is 887. The van der Waals surface area contributed by atoms with Crippen LogP contribution in [-0.2, 0) is 4.79 Å². The van der Waals surface area contributed by atoms with Gasteiger partial charge in [-0.25, -0.2) is 4.39 Å². The Hall–Kier alpha value is -3.09. The second kappa shape index (κ2) is 9.41. The van der Waals surface area contributed by atoms with E-state index in [-0.39, 0.29) is 18.3 Å². The van der Waals surface area contributed by atoms with E-state index in [0.717, 1.165) is 6.42 Å². The van der Waals surface area contributed by atoms with Crippen molar-refractivity contribution >= 4 is 17.5 Å². The van der Waals surface area contributed by atoms with Crippen LogP contribution in [-0.4, -0.2) is 43.1 Å². The number of anilines is 1. The van der Waals surface area contributed by atoms with E-state index < -0.39 is 11.7 Å². The molecular weight excluding hydrogens is 375 g/mol. The molecule has 0 atom stereocenters. The van der Waals surface area contributed by atoms with Crippen molar-refractivity contribution in [2.45, 2.75) is 26.7 Å². The van der Waals surface area contributed by atoms with Crippen LogP contribution in [0.3, 0.4) is 0 Å². The van der Waals surface area contributed by atoms with Crippen molar-refractivity contribution in [3.63, 3.8) is 0 Å². The van der Waals surface area contributed by atoms with Gasteiger partial charge in [0.25, 0.3) is 5.91 Å². The lowest BCUT2D eigenvalue weighted by Crippen LogP contribution is -2.42. The largest absolute Gasteiger partial charge is 0.490 e. The number of hydrogen-bond acceptors (Lipinski definition) is 4. The van der Waals surface area contributed by atoms with Crippen LogP contribution in [0.5, 0.6) is 11.5 Å². The van der Waals surface area contributed by atoms with Crippen molar-refractivity contribution in [1.29, 1.82) is 0 Å². The molecule has 0 radical (unpaired) electrons. The monoisotopic (exact) mass is 400 g/mol. The smallest absolute Gasteiger partial charge is 0.259 e. The van der Waals surface area contributed by atoms with Gasteiger partial charge in [-0.1, -0.05) is 12.1 Å². The molecule has 7 heteroatoms. The van der Waals surface area contributed by atoms with Gasteiger partial charge >= 0.3 is 0 Å². The van der Waals surface area contributed by atoms with Gasteiger partial charge in [-0.15, -0.1) is 0 Å². The van der Waals surface area contributed by atoms with Crippen molar-refractivity contribution < 1.29 is 23.5 Å². The van der Waals surface area contributed by atoms with Gasteiger partial charge in [0, 0.05) is 18.5 Å². The second-order valence-electron chi connectivity index (χ2n) is 6.61. The molecule has 2 aromatic carbocycles. The van der Waals surface area contributed by atoms with Crippen molar-refractivity contribution in [1.82, 2.24) is 4.90 Å². The van der Waals surface area contributed by atoms with Crippen LogP contribution in [0.2, 0.25) is 0 Å². The highest BCUT2D eigenvalue weighted by atomic mass is 19.1. The van der Waals surface area contributed by atoms with Crippen molar-refractivity contribution in [2.24, 2.45) is 0 Å². The molecule has 1 fully saturated rings. The number of amides is 2. The Morgan fingerprint density at radius 2 is 1.83 bits per heavy atom. The third kappa shape index (κ3) is 4.67. The molecule has 0 aliphatic carbocycles. The van der Waals surface area contributed by atoms with Crippen LogP contribution in [0.15, 0.2) is 42.5 Å². The van der Waals surface area contributed by atoms with E-state index in [9.17, 15) is 14.0 Å². The maximum absolute atomic E-state index is 14.5. The number of halogens is 1. The summed E-state index contributed by atoms with van der Waals surface area (Å²) in [6.07, 6.45) is 1.17. The summed E-state index contributed by atoms with van der Waals surface area (Å²) in [6.45, 7) is 5.12. The fourth-order valence-electron chi connectivity index (χ4n) is 3.28. The average Bonchev–Trinajstić information content (AvgIpc) is 3.12. The molecule has 0 spiro atoms. The predicted molar refractivity (Wildman–Crippen MR) is 108 cm³/mol. The predicted octanol–water partition coefficient (Wildman–Crippen LogP) is 3.85. The third-order valence-corrected chi connectivity index (χ3v) is 4.66. The normalized spacial score (nSPS) is 13.5. The molecule has 0 unspecified atom stereocenters. The molecule has 1 saturated heterocycles. The summed E-state index contributed by atoms with van der Waals surface area (Å²) in [6, 6.07) is 10.9. The molecule has 154 valence electrons. The van der Waals surface area contributed by atoms with Crippen LogP contribution in [0.25, 0.3) is 0 Å². The van der Waals surface area contributed by atoms with Gasteiger partial charge < -0.3 is 14.4 Å². The van der Waals surface area contributed by atoms with E-state index >= 15 is 0 Å². The summed E-state index contributed by atoms with van der Waals surface area (Å²) < 4.78 is 25.7. The number of rotatable bonds is 8. The average molecular weight is 400 g/mol. The number of benzene rings is 2. The Kier molecular flexibility index (Phi) is 6.69. The molecule has 29 heavy (non-hydrogen) atoms. The maximum Gasteiger partial charge on any atom is 0.259 e. The standard InChI is InChI=1S/C22H25FN2O4/c1-3-28-19-12-11-16(14-20(19)29-4-2)22(27)25(15-24-13-7-10-21(24)26)18-9-6-5-8-17(18)23/h5-6,8-9,11-12,14H,3-4,7,10,13,15H2,1-2H3. The minimum absolute atomic E-state index is 0.00419. The summed E-state index contributed by atoms with van der Waals surface area (Å²) in [5.74, 6) is 0.00657. The molecule has 0 bridgehead atoms. The quantitative estimate of drug-likeness (QED) is 0.675. The van der Waals surface area contributed by atoms with Crippen LogP contribution in [0, 0.1) is 5.82 Å². The van der Waals surface area contributed by atoms with E-state index in [1.54, 1.807) is 35.2 Å². The highest BCUT2D eigenvalue weighted by Crippen LogP contribution is 2.30. The van der Waals surface area contributed by atoms with Gasteiger partial charge in [-0.2, -0.15) is 0 Å². The Morgan fingerprint density at radius 1 is 1.10 bits per heavy atom. The van der Waals surface area contributed by atoms with Crippen molar-refractivity contribution in [3.8, 4) is 11.5 Å². The molecule has 2 aromatic rings. The number of carbonyl (C=O) groups is 2. The first kappa shape index (κ1) is 20.6. The number of ether oxygens (including phenoxy) is 2. The molecular formula is C22H25FN2O4. The highest BCUT2D eigenvalue weighted by Gasteiger charge is 2.28. The number of likely N-dealkylation sites (tertiary alicyclic amines) is 1. The molecule has 0 N–H and O–H groups in total. The van der Waals surface area contributed by atoms with Gasteiger partial charge in [-0.05, 0) is 50.6 Å². The first-order valence-electron chi connectivity index (χ1n) is 9.79. The summed E-state index contributed by atoms with van der Waals surface area (Å²) in [7, 11) is 0. The van der Waals surface area contributed by atoms with Crippen LogP contribution >= 0.6 is 0 Å². The topological polar surface area (TPSA) is 59.1 Å². The molecule has 3 rings (SSSR count). The van der Waals surface area contributed by atoms with Gasteiger partial charge in [0.15, 0.2) is 11.5 Å². The summed E-state index contributed by atoms with van der Waals surface area (Å²) >= 11 is 0. The van der Waals surface area contributed by atoms with Crippen molar-refractivity contribution in [3.05, 3.63) is 53.8 Å². The lowest BCUT2D eigenvalue weighted by Gasteiger charge is -2.28. The SMILES string of the molecule is CCOc1ccc(C(=O)N(CN2CCCC2=O)c2ccccc2F)cc1OCC. The minimum atomic E-state index is -0.525. The zero-order chi connectivity index (χ0) is 20.8. The Labute approximate surface area is 169 Å². The molecule has 0 saturated carbocycles. The number of hydrogen-bond donors (Lipinski definition) is 0. The Balaban J connectivity index is 1.96. The fourth-order valence-corrected chi connectivity index (χ4v) is 3.28. The first-order chi connectivity index (χ1) is 14.0. The van der Waals surface area contributed by atoms with Crippen molar-refractivity contribution in [2.75, 3.05) is 31.3 Å². The van der Waals surface area contributed by atoms with Crippen LogP contribution in [0.1, 0.15) is 37.0 Å². The molecule has 1 aliphatic rings. The number of para-hydroxylation sites is 1. The van der Waals surface area contributed by atoms with Crippen LogP contribution in [0.4, 0.5) is 10.1 Å². The zero-order valence-electron chi connectivity index (χ0n) is 16.7. The van der Waals surface area contributed by atoms with E-state index in [0.29, 0.717) is 43.2 Å². The lowest BCUT2D eigenvalue weighted by atomic mass is 10.1. The lowest BCUT2D eigenvalue weighted by molar-refractivity contribution is -0.127. The molecule has 0 aromatic heterocycles. The molecule has 2 amide bonds. The van der Waals surface area contributed by atoms with E-state index in [1.165, 1.54) is 17.0 Å². The summed E-state index contributed by atoms with van der Waals surface area (Å²) in [4.78, 5) is 28.3. The maximum atomic E-state index is 14.5.